The quantitative estimate of drug-likeness (QED) is 0.399. The maximum Gasteiger partial charge on any atom is 0.164 e. The number of nitrogen functional groups attached to an aromatic ring is 2. The van der Waals surface area contributed by atoms with Gasteiger partial charge in [-0.15, -0.1) is 0 Å². The molecule has 4 heterocycles. The molecule has 1 saturated heterocycles. The number of pyridine rings is 1. The van der Waals surface area contributed by atoms with E-state index in [1.54, 1.807) is 0 Å². The van der Waals surface area contributed by atoms with Gasteiger partial charge in [0.05, 0.1) is 22.0 Å². The van der Waals surface area contributed by atoms with E-state index in [9.17, 15) is 4.39 Å². The molecular weight excluding hydrogens is 471 g/mol. The Labute approximate surface area is 205 Å². The summed E-state index contributed by atoms with van der Waals surface area (Å²) in [7, 11) is 0. The van der Waals surface area contributed by atoms with Gasteiger partial charge in [0.15, 0.2) is 5.79 Å². The second kappa shape index (κ2) is 7.87. The summed E-state index contributed by atoms with van der Waals surface area (Å²) in [6.45, 7) is 3.82. The Kier molecular flexibility index (Phi) is 5.00. The SMILES string of the molecule is CC1(C)O[C@@H]2[C@H](O1)C(CCc1cc(F)c3cc(Cl)c(N)nc3c1)=C[C@H]2n1ccc2c(N)ncnc21. The van der Waals surface area contributed by atoms with E-state index in [4.69, 9.17) is 32.5 Å². The van der Waals surface area contributed by atoms with Crippen LogP contribution >= 0.6 is 11.6 Å². The summed E-state index contributed by atoms with van der Waals surface area (Å²) >= 11 is 6.02. The number of halogens is 2. The summed E-state index contributed by atoms with van der Waals surface area (Å²) in [5, 5.41) is 1.38. The molecule has 0 saturated carbocycles. The smallest absolute Gasteiger partial charge is 0.164 e. The van der Waals surface area contributed by atoms with Crippen LogP contribution in [0.1, 0.15) is 31.9 Å². The van der Waals surface area contributed by atoms with Crippen molar-refractivity contribution in [2.75, 3.05) is 11.5 Å². The summed E-state index contributed by atoms with van der Waals surface area (Å²) in [6.07, 6.45) is 6.41. The molecule has 8 nitrogen and oxygen atoms in total. The van der Waals surface area contributed by atoms with Crippen LogP contribution in [-0.2, 0) is 15.9 Å². The molecule has 0 amide bonds. The van der Waals surface area contributed by atoms with Gasteiger partial charge >= 0.3 is 0 Å². The van der Waals surface area contributed by atoms with Crippen LogP contribution in [0.15, 0.2) is 48.4 Å². The number of ether oxygens (including phenoxy) is 2. The third-order valence-corrected chi connectivity index (χ3v) is 7.01. The van der Waals surface area contributed by atoms with Crippen LogP contribution in [0.2, 0.25) is 5.02 Å². The molecule has 6 rings (SSSR count). The molecule has 3 aromatic heterocycles. The van der Waals surface area contributed by atoms with Gasteiger partial charge in [0.25, 0.3) is 0 Å². The molecule has 0 unspecified atom stereocenters. The van der Waals surface area contributed by atoms with Crippen LogP contribution in [0.5, 0.6) is 0 Å². The number of hydrogen-bond donors (Lipinski definition) is 2. The van der Waals surface area contributed by atoms with Crippen molar-refractivity contribution in [3.63, 3.8) is 0 Å². The van der Waals surface area contributed by atoms with E-state index in [0.717, 1.165) is 22.2 Å². The van der Waals surface area contributed by atoms with E-state index in [1.807, 2.05) is 32.2 Å². The fourth-order valence-corrected chi connectivity index (χ4v) is 5.29. The van der Waals surface area contributed by atoms with Crippen LogP contribution in [-0.4, -0.2) is 37.5 Å². The number of benzene rings is 1. The molecule has 1 aliphatic heterocycles. The topological polar surface area (TPSA) is 114 Å². The highest BCUT2D eigenvalue weighted by molar-refractivity contribution is 6.33. The molecule has 10 heteroatoms. The first-order valence-corrected chi connectivity index (χ1v) is 11.8. The Morgan fingerprint density at radius 1 is 1.09 bits per heavy atom. The highest BCUT2D eigenvalue weighted by Crippen LogP contribution is 2.45. The number of aromatic nitrogens is 4. The summed E-state index contributed by atoms with van der Waals surface area (Å²) in [4.78, 5) is 12.8. The first-order valence-electron chi connectivity index (χ1n) is 11.4. The lowest BCUT2D eigenvalue weighted by molar-refractivity contribution is -0.147. The first kappa shape index (κ1) is 22.2. The minimum Gasteiger partial charge on any atom is -0.383 e. The van der Waals surface area contributed by atoms with Crippen LogP contribution < -0.4 is 11.5 Å². The lowest BCUT2D eigenvalue weighted by Crippen LogP contribution is -2.27. The third kappa shape index (κ3) is 3.71. The van der Waals surface area contributed by atoms with E-state index in [1.165, 1.54) is 18.5 Å². The van der Waals surface area contributed by atoms with Gasteiger partial charge < -0.3 is 25.5 Å². The molecule has 0 radical (unpaired) electrons. The Hall–Kier alpha value is -3.27. The standard InChI is InChI=1S/C25H24ClFN6O2/c1-25(2)34-20-13(4-3-12-7-17(27)15-10-16(26)23(29)32-18(15)8-12)9-19(21(20)35-25)33-6-5-14-22(28)30-11-31-24(14)33/h5-11,19-21H,3-4H2,1-2H3,(H2,29,32)(H2,28,30,31)/t19-,20-,21+/m1/s1. The zero-order chi connectivity index (χ0) is 24.5. The van der Waals surface area contributed by atoms with Crippen molar-refractivity contribution < 1.29 is 13.9 Å². The molecular formula is C25H24ClFN6O2. The summed E-state index contributed by atoms with van der Waals surface area (Å²) in [5.41, 5.74) is 15.0. The van der Waals surface area contributed by atoms with Gasteiger partial charge in [-0.2, -0.15) is 0 Å². The summed E-state index contributed by atoms with van der Waals surface area (Å²) < 4.78 is 29.4. The highest BCUT2D eigenvalue weighted by atomic mass is 35.5. The van der Waals surface area contributed by atoms with Crippen molar-refractivity contribution in [3.05, 3.63) is 64.8 Å². The average molecular weight is 495 g/mol. The molecule has 1 aromatic carbocycles. The number of hydrogen-bond acceptors (Lipinski definition) is 7. The fraction of sp³-hybridized carbons (Fsp3) is 0.320. The zero-order valence-electron chi connectivity index (χ0n) is 19.2. The number of nitrogens with two attached hydrogens (primary N) is 2. The molecule has 3 atom stereocenters. The average Bonchev–Trinajstić information content (AvgIpc) is 3.45. The van der Waals surface area contributed by atoms with Crippen molar-refractivity contribution >= 4 is 45.2 Å². The normalized spacial score (nSPS) is 23.2. The largest absolute Gasteiger partial charge is 0.383 e. The minimum atomic E-state index is -0.722. The van der Waals surface area contributed by atoms with Crippen molar-refractivity contribution in [3.8, 4) is 0 Å². The highest BCUT2D eigenvalue weighted by Gasteiger charge is 2.50. The van der Waals surface area contributed by atoms with Crippen molar-refractivity contribution in [1.82, 2.24) is 19.5 Å². The van der Waals surface area contributed by atoms with E-state index >= 15 is 0 Å². The predicted octanol–water partition coefficient (Wildman–Crippen LogP) is 4.57. The van der Waals surface area contributed by atoms with E-state index in [0.29, 0.717) is 29.6 Å². The van der Waals surface area contributed by atoms with Gasteiger partial charge in [0, 0.05) is 11.6 Å². The van der Waals surface area contributed by atoms with Crippen LogP contribution in [0.4, 0.5) is 16.0 Å². The van der Waals surface area contributed by atoms with Gasteiger partial charge in [-0.3, -0.25) is 0 Å². The van der Waals surface area contributed by atoms with E-state index < -0.39 is 5.79 Å². The predicted molar refractivity (Wildman–Crippen MR) is 132 cm³/mol. The molecule has 0 bridgehead atoms. The lowest BCUT2D eigenvalue weighted by Gasteiger charge is -2.22. The van der Waals surface area contributed by atoms with E-state index in [2.05, 4.69) is 25.6 Å². The summed E-state index contributed by atoms with van der Waals surface area (Å²) in [5.74, 6) is -0.479. The number of nitrogens with zero attached hydrogens (tertiary/aromatic N) is 4. The van der Waals surface area contributed by atoms with Gasteiger partial charge in [0.1, 0.15) is 41.6 Å². The van der Waals surface area contributed by atoms with Gasteiger partial charge in [-0.25, -0.2) is 19.3 Å². The van der Waals surface area contributed by atoms with Crippen molar-refractivity contribution in [1.29, 1.82) is 0 Å². The first-order chi connectivity index (χ1) is 16.7. The fourth-order valence-electron chi connectivity index (χ4n) is 5.14. The van der Waals surface area contributed by atoms with Crippen LogP contribution in [0.3, 0.4) is 0 Å². The van der Waals surface area contributed by atoms with Crippen molar-refractivity contribution in [2.24, 2.45) is 0 Å². The molecule has 35 heavy (non-hydrogen) atoms. The maximum absolute atomic E-state index is 14.8. The lowest BCUT2D eigenvalue weighted by atomic mass is 10.0. The third-order valence-electron chi connectivity index (χ3n) is 6.70. The Balaban J connectivity index is 1.33. The molecule has 180 valence electrons. The second-order valence-corrected chi connectivity index (χ2v) is 9.88. The van der Waals surface area contributed by atoms with Crippen LogP contribution in [0, 0.1) is 5.82 Å². The zero-order valence-corrected chi connectivity index (χ0v) is 20.0. The molecule has 0 spiro atoms. The maximum atomic E-state index is 14.8. The number of fused-ring (bicyclic) bond motifs is 3. The second-order valence-electron chi connectivity index (χ2n) is 9.47. The van der Waals surface area contributed by atoms with Crippen molar-refractivity contribution in [2.45, 2.75) is 50.7 Å². The van der Waals surface area contributed by atoms with E-state index in [-0.39, 0.29) is 34.9 Å². The molecule has 1 aliphatic carbocycles. The van der Waals surface area contributed by atoms with Gasteiger partial charge in [-0.1, -0.05) is 17.7 Å². The monoisotopic (exact) mass is 494 g/mol. The van der Waals surface area contributed by atoms with Crippen LogP contribution in [0.25, 0.3) is 21.9 Å². The molecule has 4 aromatic rings. The minimum absolute atomic E-state index is 0.125. The number of anilines is 2. The Morgan fingerprint density at radius 2 is 1.91 bits per heavy atom. The summed E-state index contributed by atoms with van der Waals surface area (Å²) in [6, 6.07) is 6.67. The Morgan fingerprint density at radius 3 is 2.74 bits per heavy atom. The molecule has 4 N–H and O–H groups in total. The van der Waals surface area contributed by atoms with Gasteiger partial charge in [0.2, 0.25) is 0 Å². The number of aryl methyl sites for hydroxylation is 1. The Bertz CT molecular complexity index is 1520. The molecule has 1 fully saturated rings. The van der Waals surface area contributed by atoms with Gasteiger partial charge in [-0.05, 0) is 62.1 Å². The molecule has 2 aliphatic rings. The number of rotatable bonds is 4.